The summed E-state index contributed by atoms with van der Waals surface area (Å²) in [6.07, 6.45) is 14.3. The van der Waals surface area contributed by atoms with Crippen LogP contribution in [0.15, 0.2) is 90.5 Å². The van der Waals surface area contributed by atoms with E-state index in [0.717, 1.165) is 42.9 Å². The second-order valence-corrected chi connectivity index (χ2v) is 10.9. The molecule has 0 heterocycles. The lowest BCUT2D eigenvalue weighted by Crippen LogP contribution is -2.30. The highest BCUT2D eigenvalue weighted by atomic mass is 16.7. The first-order chi connectivity index (χ1) is 21.2. The van der Waals surface area contributed by atoms with Gasteiger partial charge in [-0.15, -0.1) is 0 Å². The van der Waals surface area contributed by atoms with Crippen molar-refractivity contribution in [2.24, 2.45) is 0 Å². The number of carbonyl (C=O) groups excluding carboxylic acids is 3. The van der Waals surface area contributed by atoms with Crippen molar-refractivity contribution in [2.45, 2.75) is 96.6 Å². The molecule has 3 unspecified atom stereocenters. The quantitative estimate of drug-likeness (QED) is 0.0616. The molecule has 0 aliphatic heterocycles. The van der Waals surface area contributed by atoms with Gasteiger partial charge in [-0.05, 0) is 72.8 Å². The molecule has 0 aromatic heterocycles. The number of aliphatic hydroxyl groups is 1. The van der Waals surface area contributed by atoms with Gasteiger partial charge in [-0.1, -0.05) is 57.6 Å². The minimum absolute atomic E-state index is 0.169. The zero-order valence-electron chi connectivity index (χ0n) is 25.8. The molecule has 0 saturated carbocycles. The van der Waals surface area contributed by atoms with E-state index in [2.05, 4.69) is 20.1 Å². The third-order valence-corrected chi connectivity index (χ3v) is 7.40. The molecule has 1 N–H and O–H groups in total. The van der Waals surface area contributed by atoms with Crippen molar-refractivity contribution >= 4 is 23.8 Å². The summed E-state index contributed by atoms with van der Waals surface area (Å²) in [6, 6.07) is 7.48. The number of hydrogen-bond donors (Lipinski definition) is 1. The van der Waals surface area contributed by atoms with Crippen molar-refractivity contribution in [1.29, 1.82) is 0 Å². The highest BCUT2D eigenvalue weighted by molar-refractivity contribution is 5.90. The van der Waals surface area contributed by atoms with Crippen LogP contribution < -0.4 is 4.74 Å². The molecular formula is C36H44O8. The summed E-state index contributed by atoms with van der Waals surface area (Å²) in [5.41, 5.74) is 3.02. The van der Waals surface area contributed by atoms with Crippen LogP contribution in [0.25, 0.3) is 5.57 Å². The third kappa shape index (κ3) is 11.2. The van der Waals surface area contributed by atoms with Gasteiger partial charge in [0.25, 0.3) is 0 Å². The Kier molecular flexibility index (Phi) is 13.9. The van der Waals surface area contributed by atoms with E-state index in [4.69, 9.17) is 18.9 Å². The molecule has 1 aromatic carbocycles. The molecule has 2 aliphatic carbocycles. The predicted molar refractivity (Wildman–Crippen MR) is 169 cm³/mol. The minimum atomic E-state index is -0.828. The molecule has 1 aromatic rings. The van der Waals surface area contributed by atoms with Crippen LogP contribution in [0, 0.1) is 0 Å². The number of benzene rings is 1. The van der Waals surface area contributed by atoms with E-state index in [-0.39, 0.29) is 12.4 Å². The molecule has 8 nitrogen and oxygen atoms in total. The van der Waals surface area contributed by atoms with Crippen molar-refractivity contribution in [1.82, 2.24) is 0 Å². The highest BCUT2D eigenvalue weighted by Gasteiger charge is 2.25. The highest BCUT2D eigenvalue weighted by Crippen LogP contribution is 2.30. The number of esters is 2. The second-order valence-electron chi connectivity index (χ2n) is 10.9. The van der Waals surface area contributed by atoms with E-state index in [1.54, 1.807) is 19.1 Å². The van der Waals surface area contributed by atoms with E-state index in [0.29, 0.717) is 66.8 Å². The fraction of sp³-hybridized carbons (Fsp3) is 0.417. The fourth-order valence-electron chi connectivity index (χ4n) is 4.93. The predicted octanol–water partition coefficient (Wildman–Crippen LogP) is 7.21. The number of hydrogen-bond acceptors (Lipinski definition) is 8. The molecule has 0 bridgehead atoms. The molecular weight excluding hydrogens is 560 g/mol. The first kappa shape index (κ1) is 34.3. The number of unbranched alkanes of at least 4 members (excludes halogenated alkanes) is 3. The van der Waals surface area contributed by atoms with Crippen LogP contribution in [0.4, 0.5) is 0 Å². The van der Waals surface area contributed by atoms with Crippen molar-refractivity contribution in [3.05, 3.63) is 96.0 Å². The molecule has 236 valence electrons. The van der Waals surface area contributed by atoms with Gasteiger partial charge in [-0.2, -0.15) is 0 Å². The standard InChI is InChI=1S/C36H44O8/c1-5-7-8-9-10-34(33(38)23-25(3)24-37)43-31-21-15-29(16-22-31)36(40)44-32-19-13-28(14-20-32)27-11-17-30(18-12-27)41-26(4)42-35(39)6-2/h6,11-13,15,17-19,21,24,26,33-34,38H,2-3,5,7-10,14,16,20,22-23H2,1,4H3. The monoisotopic (exact) mass is 604 g/mol. The summed E-state index contributed by atoms with van der Waals surface area (Å²) in [5, 5.41) is 10.7. The Morgan fingerprint density at radius 2 is 1.68 bits per heavy atom. The number of aliphatic hydroxyl groups excluding tert-OH is 1. The van der Waals surface area contributed by atoms with Crippen LogP contribution in [0.5, 0.6) is 5.75 Å². The zero-order valence-corrected chi connectivity index (χ0v) is 25.8. The second kappa shape index (κ2) is 17.8. The van der Waals surface area contributed by atoms with Crippen LogP contribution in [0.2, 0.25) is 0 Å². The van der Waals surface area contributed by atoms with Crippen LogP contribution in [0.3, 0.4) is 0 Å². The SMILES string of the molecule is C=CC(=O)OC(C)Oc1ccc(C2=CC=C(OC(=O)C3=CC=C(OC(CCCCCC)C(O)CC(=C)C=O)CC3)CC2)cc1. The van der Waals surface area contributed by atoms with Crippen molar-refractivity contribution in [3.63, 3.8) is 0 Å². The first-order valence-corrected chi connectivity index (χ1v) is 15.3. The van der Waals surface area contributed by atoms with E-state index < -0.39 is 24.5 Å². The van der Waals surface area contributed by atoms with Crippen LogP contribution >= 0.6 is 0 Å². The van der Waals surface area contributed by atoms with Crippen LogP contribution in [-0.4, -0.2) is 41.8 Å². The molecule has 3 rings (SSSR count). The lowest BCUT2D eigenvalue weighted by Gasteiger charge is -2.27. The number of ether oxygens (including phenoxy) is 4. The van der Waals surface area contributed by atoms with Gasteiger partial charge >= 0.3 is 11.9 Å². The summed E-state index contributed by atoms with van der Waals surface area (Å²) >= 11 is 0. The van der Waals surface area contributed by atoms with Gasteiger partial charge in [0.1, 0.15) is 23.9 Å². The molecule has 0 radical (unpaired) electrons. The van der Waals surface area contributed by atoms with Crippen LogP contribution in [-0.2, 0) is 28.6 Å². The van der Waals surface area contributed by atoms with Crippen molar-refractivity contribution in [2.75, 3.05) is 0 Å². The number of allylic oxidation sites excluding steroid dienone is 7. The molecule has 0 fully saturated rings. The van der Waals surface area contributed by atoms with Gasteiger partial charge in [-0.3, -0.25) is 4.79 Å². The Bertz CT molecular complexity index is 1300. The molecule has 44 heavy (non-hydrogen) atoms. The lowest BCUT2D eigenvalue weighted by atomic mass is 9.96. The van der Waals surface area contributed by atoms with Gasteiger partial charge in [0.15, 0.2) is 0 Å². The normalized spacial score (nSPS) is 16.5. The number of carbonyl (C=O) groups is 3. The Balaban J connectivity index is 1.55. The summed E-state index contributed by atoms with van der Waals surface area (Å²) < 4.78 is 22.5. The average molecular weight is 605 g/mol. The van der Waals surface area contributed by atoms with Gasteiger partial charge in [-0.25, -0.2) is 9.59 Å². The van der Waals surface area contributed by atoms with E-state index in [1.807, 2.05) is 36.4 Å². The van der Waals surface area contributed by atoms with Gasteiger partial charge in [0.2, 0.25) is 6.29 Å². The Hall–Kier alpha value is -4.17. The smallest absolute Gasteiger partial charge is 0.339 e. The first-order valence-electron chi connectivity index (χ1n) is 15.3. The Morgan fingerprint density at radius 3 is 2.30 bits per heavy atom. The van der Waals surface area contributed by atoms with Crippen molar-refractivity contribution < 1.29 is 38.4 Å². The van der Waals surface area contributed by atoms with Gasteiger partial charge in [0.05, 0.1) is 11.9 Å². The molecule has 2 aliphatic rings. The number of rotatable bonds is 18. The maximum absolute atomic E-state index is 12.9. The van der Waals surface area contributed by atoms with E-state index >= 15 is 0 Å². The number of aldehydes is 1. The average Bonchev–Trinajstić information content (AvgIpc) is 3.03. The summed E-state index contributed by atoms with van der Waals surface area (Å²) in [4.78, 5) is 35.2. The Labute approximate surface area is 260 Å². The maximum atomic E-state index is 12.9. The summed E-state index contributed by atoms with van der Waals surface area (Å²) in [7, 11) is 0. The van der Waals surface area contributed by atoms with Gasteiger partial charge < -0.3 is 24.1 Å². The van der Waals surface area contributed by atoms with E-state index in [9.17, 15) is 19.5 Å². The lowest BCUT2D eigenvalue weighted by molar-refractivity contribution is -0.155. The van der Waals surface area contributed by atoms with Gasteiger partial charge in [0, 0.05) is 37.8 Å². The largest absolute Gasteiger partial charge is 0.492 e. The summed E-state index contributed by atoms with van der Waals surface area (Å²) in [6.45, 7) is 10.8. The minimum Gasteiger partial charge on any atom is -0.492 e. The topological polar surface area (TPSA) is 108 Å². The molecule has 8 heteroatoms. The summed E-state index contributed by atoms with van der Waals surface area (Å²) in [5.74, 6) is 0.952. The molecule has 0 saturated heterocycles. The molecule has 0 spiro atoms. The maximum Gasteiger partial charge on any atom is 0.339 e. The van der Waals surface area contributed by atoms with Crippen molar-refractivity contribution in [3.8, 4) is 5.75 Å². The van der Waals surface area contributed by atoms with Crippen LogP contribution in [0.1, 0.15) is 83.6 Å². The Morgan fingerprint density at radius 1 is 0.955 bits per heavy atom. The molecule has 3 atom stereocenters. The third-order valence-electron chi connectivity index (χ3n) is 7.40. The molecule has 0 amide bonds. The zero-order chi connectivity index (χ0) is 31.9. The van der Waals surface area contributed by atoms with E-state index in [1.165, 1.54) is 0 Å². The fourth-order valence-corrected chi connectivity index (χ4v) is 4.93.